The zero-order valence-corrected chi connectivity index (χ0v) is 15.5. The highest BCUT2D eigenvalue weighted by Gasteiger charge is 2.26. The minimum atomic E-state index is -0.136. The Morgan fingerprint density at radius 1 is 0.926 bits per heavy atom. The van der Waals surface area contributed by atoms with Crippen molar-refractivity contribution in [1.29, 1.82) is 0 Å². The van der Waals surface area contributed by atoms with E-state index in [4.69, 9.17) is 9.05 Å². The molecule has 3 aromatic rings. The molecule has 0 fully saturated rings. The van der Waals surface area contributed by atoms with Crippen molar-refractivity contribution >= 4 is 23.3 Å². The summed E-state index contributed by atoms with van der Waals surface area (Å²) in [5, 5.41) is 10.9. The standard InChI is InChI=1S/C20H18N4O3/c1-10-12(3)23-26-19(10)21-16-9-17(22-20-11(2)13(4)24-27-20)18(25)15-8-6-5-7-14(15)16/h5-9,22H,1-4H3. The molecule has 7 heteroatoms. The van der Waals surface area contributed by atoms with Crippen molar-refractivity contribution in [2.45, 2.75) is 27.7 Å². The van der Waals surface area contributed by atoms with E-state index in [1.165, 1.54) is 0 Å². The Balaban J connectivity index is 1.82. The highest BCUT2D eigenvalue weighted by Crippen LogP contribution is 2.28. The molecule has 1 aliphatic rings. The van der Waals surface area contributed by atoms with Crippen LogP contribution in [0.3, 0.4) is 0 Å². The van der Waals surface area contributed by atoms with Crippen LogP contribution in [0.5, 0.6) is 0 Å². The average molecular weight is 362 g/mol. The molecular formula is C20H18N4O3. The van der Waals surface area contributed by atoms with Gasteiger partial charge in [0.15, 0.2) is 0 Å². The number of nitrogens with zero attached hydrogens (tertiary/aromatic N) is 3. The van der Waals surface area contributed by atoms with Crippen molar-refractivity contribution in [3.8, 4) is 0 Å². The second-order valence-corrected chi connectivity index (χ2v) is 6.48. The van der Waals surface area contributed by atoms with Crippen molar-refractivity contribution in [2.75, 3.05) is 5.32 Å². The maximum absolute atomic E-state index is 12.9. The van der Waals surface area contributed by atoms with E-state index in [1.807, 2.05) is 45.9 Å². The van der Waals surface area contributed by atoms with E-state index < -0.39 is 0 Å². The number of aryl methyl sites for hydroxylation is 2. The second-order valence-electron chi connectivity index (χ2n) is 6.48. The van der Waals surface area contributed by atoms with Crippen LogP contribution in [0.25, 0.3) is 0 Å². The molecule has 0 saturated heterocycles. The number of rotatable bonds is 3. The minimum absolute atomic E-state index is 0.136. The van der Waals surface area contributed by atoms with Crippen LogP contribution in [0.15, 0.2) is 50.1 Å². The van der Waals surface area contributed by atoms with E-state index >= 15 is 0 Å². The number of Topliss-reactive ketones (excluding diaryl/α,β-unsaturated/α-hetero) is 1. The molecule has 1 aromatic carbocycles. The van der Waals surface area contributed by atoms with Crippen molar-refractivity contribution < 1.29 is 13.8 Å². The van der Waals surface area contributed by atoms with Gasteiger partial charge >= 0.3 is 0 Å². The Hall–Kier alpha value is -3.48. The zero-order valence-electron chi connectivity index (χ0n) is 15.5. The zero-order chi connectivity index (χ0) is 19.1. The number of nitrogens with one attached hydrogen (secondary N) is 1. The van der Waals surface area contributed by atoms with Gasteiger partial charge < -0.3 is 14.4 Å². The van der Waals surface area contributed by atoms with Crippen LogP contribution in [-0.4, -0.2) is 21.8 Å². The number of aromatic nitrogens is 2. The normalized spacial score (nSPS) is 15.0. The summed E-state index contributed by atoms with van der Waals surface area (Å²) < 4.78 is 10.6. The molecule has 0 atom stereocenters. The number of hydrogen-bond donors (Lipinski definition) is 1. The Labute approximate surface area is 155 Å². The van der Waals surface area contributed by atoms with E-state index in [2.05, 4.69) is 20.6 Å². The summed E-state index contributed by atoms with van der Waals surface area (Å²) in [5.74, 6) is 0.731. The van der Waals surface area contributed by atoms with Gasteiger partial charge in [-0.05, 0) is 33.8 Å². The summed E-state index contributed by atoms with van der Waals surface area (Å²) in [6.07, 6.45) is 1.69. The summed E-state index contributed by atoms with van der Waals surface area (Å²) in [5.41, 5.74) is 5.54. The molecule has 0 aliphatic heterocycles. The van der Waals surface area contributed by atoms with Gasteiger partial charge in [0.1, 0.15) is 0 Å². The van der Waals surface area contributed by atoms with Gasteiger partial charge in [0, 0.05) is 22.3 Å². The monoisotopic (exact) mass is 362 g/mol. The molecule has 0 saturated carbocycles. The highest BCUT2D eigenvalue weighted by atomic mass is 16.5. The summed E-state index contributed by atoms with van der Waals surface area (Å²) in [4.78, 5) is 17.5. The molecule has 1 aliphatic carbocycles. The minimum Gasteiger partial charge on any atom is -0.338 e. The van der Waals surface area contributed by atoms with Crippen LogP contribution in [0, 0.1) is 27.7 Å². The summed E-state index contributed by atoms with van der Waals surface area (Å²) in [6.45, 7) is 7.48. The highest BCUT2D eigenvalue weighted by molar-refractivity contribution is 6.27. The molecule has 27 heavy (non-hydrogen) atoms. The predicted octanol–water partition coefficient (Wildman–Crippen LogP) is 4.21. The third kappa shape index (κ3) is 2.87. The van der Waals surface area contributed by atoms with E-state index in [1.54, 1.807) is 12.1 Å². The van der Waals surface area contributed by atoms with Crippen molar-refractivity contribution in [3.05, 3.63) is 69.7 Å². The van der Waals surface area contributed by atoms with Gasteiger partial charge in [-0.25, -0.2) is 4.99 Å². The third-order valence-electron chi connectivity index (χ3n) is 4.73. The summed E-state index contributed by atoms with van der Waals surface area (Å²) in [7, 11) is 0. The van der Waals surface area contributed by atoms with Crippen molar-refractivity contribution in [2.24, 2.45) is 4.99 Å². The second kappa shape index (κ2) is 6.35. The van der Waals surface area contributed by atoms with E-state index in [0.717, 1.165) is 28.1 Å². The first-order valence-electron chi connectivity index (χ1n) is 8.53. The van der Waals surface area contributed by atoms with Crippen LogP contribution < -0.4 is 5.32 Å². The lowest BCUT2D eigenvalue weighted by Gasteiger charge is -2.17. The average Bonchev–Trinajstić information content (AvgIpc) is 3.16. The number of allylic oxidation sites excluding steroid dienone is 2. The molecule has 0 amide bonds. The maximum atomic E-state index is 12.9. The molecular weight excluding hydrogens is 344 g/mol. The predicted molar refractivity (Wildman–Crippen MR) is 101 cm³/mol. The van der Waals surface area contributed by atoms with Crippen molar-refractivity contribution in [3.63, 3.8) is 0 Å². The molecule has 0 bridgehead atoms. The lowest BCUT2D eigenvalue weighted by molar-refractivity contribution is 0.103. The Morgan fingerprint density at radius 2 is 1.59 bits per heavy atom. The Bertz CT molecular complexity index is 1120. The summed E-state index contributed by atoms with van der Waals surface area (Å²) in [6, 6.07) is 7.34. The number of ketones is 1. The largest absolute Gasteiger partial charge is 0.338 e. The number of fused-ring (bicyclic) bond motifs is 1. The van der Waals surface area contributed by atoms with Gasteiger partial charge in [0.2, 0.25) is 11.7 Å². The molecule has 7 nitrogen and oxygen atoms in total. The quantitative estimate of drug-likeness (QED) is 0.750. The van der Waals surface area contributed by atoms with Gasteiger partial charge in [-0.2, -0.15) is 0 Å². The molecule has 4 rings (SSSR count). The number of carbonyl (C=O) groups is 1. The molecule has 136 valence electrons. The summed E-state index contributed by atoms with van der Waals surface area (Å²) >= 11 is 0. The Kier molecular flexibility index (Phi) is 3.99. The number of aliphatic imine (C=N–C) groups is 1. The van der Waals surface area contributed by atoms with Crippen LogP contribution >= 0.6 is 0 Å². The maximum Gasteiger partial charge on any atom is 0.254 e. The van der Waals surface area contributed by atoms with Gasteiger partial charge in [-0.15, -0.1) is 0 Å². The molecule has 2 aromatic heterocycles. The van der Waals surface area contributed by atoms with Gasteiger partial charge in [-0.1, -0.05) is 34.6 Å². The number of carbonyl (C=O) groups excluding carboxylic acids is 1. The van der Waals surface area contributed by atoms with Crippen molar-refractivity contribution in [1.82, 2.24) is 10.3 Å². The van der Waals surface area contributed by atoms with Crippen LogP contribution in [0.2, 0.25) is 0 Å². The fourth-order valence-electron chi connectivity index (χ4n) is 2.79. The van der Waals surface area contributed by atoms with Gasteiger partial charge in [0.05, 0.1) is 22.8 Å². The SMILES string of the molecule is Cc1noc(N=C2C=C(Nc3onc(C)c3C)C(=O)c3ccccc32)c1C. The first-order chi connectivity index (χ1) is 13.0. The fraction of sp³-hybridized carbons (Fsp3) is 0.200. The van der Waals surface area contributed by atoms with Crippen LogP contribution in [0.4, 0.5) is 11.8 Å². The topological polar surface area (TPSA) is 93.5 Å². The third-order valence-corrected chi connectivity index (χ3v) is 4.73. The number of anilines is 1. The lowest BCUT2D eigenvalue weighted by atomic mass is 9.92. The molecule has 0 unspecified atom stereocenters. The molecule has 1 N–H and O–H groups in total. The molecule has 0 radical (unpaired) electrons. The first kappa shape index (κ1) is 17.0. The van der Waals surface area contributed by atoms with Crippen LogP contribution in [-0.2, 0) is 0 Å². The first-order valence-corrected chi connectivity index (χ1v) is 8.53. The number of hydrogen-bond acceptors (Lipinski definition) is 7. The van der Waals surface area contributed by atoms with Gasteiger partial charge in [0.25, 0.3) is 5.88 Å². The van der Waals surface area contributed by atoms with Gasteiger partial charge in [-0.3, -0.25) is 4.79 Å². The van der Waals surface area contributed by atoms with E-state index in [0.29, 0.717) is 28.7 Å². The fourth-order valence-corrected chi connectivity index (χ4v) is 2.79. The Morgan fingerprint density at radius 3 is 2.22 bits per heavy atom. The smallest absolute Gasteiger partial charge is 0.254 e. The molecule has 2 heterocycles. The molecule has 0 spiro atoms. The lowest BCUT2D eigenvalue weighted by Crippen LogP contribution is -2.22. The number of benzene rings is 1. The van der Waals surface area contributed by atoms with Crippen LogP contribution in [0.1, 0.15) is 38.4 Å². The van der Waals surface area contributed by atoms with E-state index in [9.17, 15) is 4.79 Å². The van der Waals surface area contributed by atoms with E-state index in [-0.39, 0.29) is 5.78 Å².